The second-order valence-electron chi connectivity index (χ2n) is 5.34. The average molecular weight is 430 g/mol. The number of benzene rings is 2. The lowest BCUT2D eigenvalue weighted by atomic mass is 10.3. The number of nitrogens with zero attached hydrogens (tertiary/aromatic N) is 1. The normalized spacial score (nSPS) is 11.4. The molecule has 0 saturated heterocycles. The summed E-state index contributed by atoms with van der Waals surface area (Å²) < 4.78 is 39.6. The molecule has 0 unspecified atom stereocenters. The van der Waals surface area contributed by atoms with Crippen molar-refractivity contribution in [1.29, 1.82) is 0 Å². The van der Waals surface area contributed by atoms with E-state index in [2.05, 4.69) is 26.6 Å². The molecule has 0 aliphatic heterocycles. The number of hydrogen-bond donors (Lipinski definition) is 2. The lowest BCUT2D eigenvalue weighted by molar-refractivity contribution is -0.114. The molecule has 0 fully saturated rings. The maximum absolute atomic E-state index is 13.7. The largest absolute Gasteiger partial charge is 0.374 e. The highest BCUT2D eigenvalue weighted by Gasteiger charge is 2.17. The smallest absolute Gasteiger partial charge is 0.243 e. The highest BCUT2D eigenvalue weighted by Crippen LogP contribution is 2.20. The second-order valence-corrected chi connectivity index (χ2v) is 8.41. The number of nitrogens with one attached hydrogen (secondary N) is 2. The first kappa shape index (κ1) is 19.4. The van der Waals surface area contributed by atoms with Crippen LogP contribution in [-0.4, -0.2) is 39.3 Å². The van der Waals surface area contributed by atoms with E-state index in [1.807, 2.05) is 0 Å². The Bertz CT molecular complexity index is 888. The molecule has 1 amide bonds. The van der Waals surface area contributed by atoms with Gasteiger partial charge >= 0.3 is 0 Å². The molecule has 134 valence electrons. The molecule has 2 N–H and O–H groups in total. The first-order valence-electron chi connectivity index (χ1n) is 7.21. The molecule has 9 heteroatoms. The Kier molecular flexibility index (Phi) is 6.15. The molecule has 2 rings (SSSR count). The van der Waals surface area contributed by atoms with E-state index in [-0.39, 0.29) is 17.1 Å². The topological polar surface area (TPSA) is 78.5 Å². The molecule has 0 heterocycles. The number of hydrogen-bond acceptors (Lipinski definition) is 4. The Morgan fingerprint density at radius 3 is 2.56 bits per heavy atom. The minimum Gasteiger partial charge on any atom is -0.374 e. The van der Waals surface area contributed by atoms with Gasteiger partial charge in [-0.05, 0) is 36.4 Å². The fraction of sp³-hybridized carbons (Fsp3) is 0.188. The standard InChI is InChI=1S/C16H17BrFN3O3S/c1-21(2)25(23,24)13-5-3-4-12(9-13)20-16(22)10-19-15-7-6-11(17)8-14(15)18/h3-9,19H,10H2,1-2H3,(H,20,22). The predicted molar refractivity (Wildman–Crippen MR) is 98.5 cm³/mol. The summed E-state index contributed by atoms with van der Waals surface area (Å²) in [6.07, 6.45) is 0. The third kappa shape index (κ3) is 5.00. The van der Waals surface area contributed by atoms with Crippen LogP contribution in [-0.2, 0) is 14.8 Å². The molecule has 2 aromatic carbocycles. The number of sulfonamides is 1. The molecule has 0 bridgehead atoms. The Morgan fingerprint density at radius 1 is 1.20 bits per heavy atom. The van der Waals surface area contributed by atoms with Crippen LogP contribution in [0.25, 0.3) is 0 Å². The first-order valence-corrected chi connectivity index (χ1v) is 9.45. The summed E-state index contributed by atoms with van der Waals surface area (Å²) in [5.74, 6) is -0.914. The number of amides is 1. The van der Waals surface area contributed by atoms with Crippen LogP contribution in [0.3, 0.4) is 0 Å². The van der Waals surface area contributed by atoms with E-state index in [9.17, 15) is 17.6 Å². The number of halogens is 2. The summed E-state index contributed by atoms with van der Waals surface area (Å²) in [5.41, 5.74) is 0.535. The van der Waals surface area contributed by atoms with E-state index in [0.717, 1.165) is 4.31 Å². The summed E-state index contributed by atoms with van der Waals surface area (Å²) in [6.45, 7) is -0.163. The van der Waals surface area contributed by atoms with Gasteiger partial charge in [0.25, 0.3) is 0 Å². The number of anilines is 2. The van der Waals surface area contributed by atoms with Crippen LogP contribution >= 0.6 is 15.9 Å². The van der Waals surface area contributed by atoms with Crippen LogP contribution in [0.5, 0.6) is 0 Å². The van der Waals surface area contributed by atoms with Gasteiger partial charge in [0.2, 0.25) is 15.9 Å². The second kappa shape index (κ2) is 7.94. The van der Waals surface area contributed by atoms with E-state index in [1.165, 1.54) is 44.4 Å². The molecule has 0 spiro atoms. The van der Waals surface area contributed by atoms with Gasteiger partial charge in [-0.15, -0.1) is 0 Å². The van der Waals surface area contributed by atoms with Crippen molar-refractivity contribution >= 4 is 43.2 Å². The van der Waals surface area contributed by atoms with Crippen molar-refractivity contribution < 1.29 is 17.6 Å². The van der Waals surface area contributed by atoms with E-state index in [0.29, 0.717) is 10.2 Å². The van der Waals surface area contributed by atoms with Crippen LogP contribution in [0, 0.1) is 5.82 Å². The van der Waals surface area contributed by atoms with Crippen LogP contribution in [0.4, 0.5) is 15.8 Å². The molecule has 0 aliphatic carbocycles. The van der Waals surface area contributed by atoms with Crippen molar-refractivity contribution in [1.82, 2.24) is 4.31 Å². The van der Waals surface area contributed by atoms with Crippen LogP contribution in [0.15, 0.2) is 51.8 Å². The van der Waals surface area contributed by atoms with Crippen LogP contribution < -0.4 is 10.6 Å². The molecule has 0 radical (unpaired) electrons. The molecule has 0 aromatic heterocycles. The predicted octanol–water partition coefficient (Wildman–Crippen LogP) is 2.89. The molecule has 0 aliphatic rings. The highest BCUT2D eigenvalue weighted by molar-refractivity contribution is 9.10. The fourth-order valence-corrected chi connectivity index (χ4v) is 3.24. The molecular formula is C16H17BrFN3O3S. The zero-order valence-corrected chi connectivity index (χ0v) is 16.0. The maximum atomic E-state index is 13.7. The number of carbonyl (C=O) groups excluding carboxylic acids is 1. The first-order chi connectivity index (χ1) is 11.7. The zero-order valence-electron chi connectivity index (χ0n) is 13.6. The number of carbonyl (C=O) groups is 1. The summed E-state index contributed by atoms with van der Waals surface area (Å²) in [5, 5.41) is 5.27. The summed E-state index contributed by atoms with van der Waals surface area (Å²) in [4.78, 5) is 12.1. The lowest BCUT2D eigenvalue weighted by Crippen LogP contribution is -2.24. The van der Waals surface area contributed by atoms with Crippen molar-refractivity contribution in [2.24, 2.45) is 0 Å². The molecular weight excluding hydrogens is 413 g/mol. The molecule has 2 aromatic rings. The average Bonchev–Trinajstić information content (AvgIpc) is 2.54. The molecule has 6 nitrogen and oxygen atoms in total. The molecule has 25 heavy (non-hydrogen) atoms. The number of rotatable bonds is 6. The van der Waals surface area contributed by atoms with Crippen LogP contribution in [0.2, 0.25) is 0 Å². The third-order valence-corrected chi connectivity index (χ3v) is 5.57. The van der Waals surface area contributed by atoms with Gasteiger partial charge < -0.3 is 10.6 Å². The van der Waals surface area contributed by atoms with E-state index in [1.54, 1.807) is 12.1 Å². The summed E-state index contributed by atoms with van der Waals surface area (Å²) >= 11 is 3.15. The summed E-state index contributed by atoms with van der Waals surface area (Å²) in [6, 6.07) is 10.4. The maximum Gasteiger partial charge on any atom is 0.243 e. The van der Waals surface area contributed by atoms with Gasteiger partial charge in [0, 0.05) is 24.3 Å². The monoisotopic (exact) mass is 429 g/mol. The van der Waals surface area contributed by atoms with Gasteiger partial charge in [0.1, 0.15) is 5.82 Å². The van der Waals surface area contributed by atoms with Crippen LogP contribution in [0.1, 0.15) is 0 Å². The van der Waals surface area contributed by atoms with Gasteiger partial charge in [0.05, 0.1) is 17.1 Å². The van der Waals surface area contributed by atoms with Gasteiger partial charge in [-0.3, -0.25) is 4.79 Å². The quantitative estimate of drug-likeness (QED) is 0.739. The molecule has 0 atom stereocenters. The Labute approximate surface area is 154 Å². The fourth-order valence-electron chi connectivity index (χ4n) is 1.96. The minimum atomic E-state index is -3.59. The summed E-state index contributed by atoms with van der Waals surface area (Å²) in [7, 11) is -0.732. The lowest BCUT2D eigenvalue weighted by Gasteiger charge is -2.13. The Hall–Kier alpha value is -1.97. The third-order valence-electron chi connectivity index (χ3n) is 3.27. The van der Waals surface area contributed by atoms with Crippen molar-refractivity contribution in [3.05, 3.63) is 52.8 Å². The van der Waals surface area contributed by atoms with Crippen molar-refractivity contribution in [3.63, 3.8) is 0 Å². The van der Waals surface area contributed by atoms with Gasteiger partial charge in [-0.1, -0.05) is 22.0 Å². The Balaban J connectivity index is 2.03. The van der Waals surface area contributed by atoms with Crippen molar-refractivity contribution in [2.45, 2.75) is 4.90 Å². The Morgan fingerprint density at radius 2 is 1.92 bits per heavy atom. The van der Waals surface area contributed by atoms with E-state index < -0.39 is 21.7 Å². The van der Waals surface area contributed by atoms with E-state index >= 15 is 0 Å². The molecule has 0 saturated carbocycles. The zero-order chi connectivity index (χ0) is 18.6. The van der Waals surface area contributed by atoms with E-state index in [4.69, 9.17) is 0 Å². The van der Waals surface area contributed by atoms with Crippen molar-refractivity contribution in [2.75, 3.05) is 31.3 Å². The van der Waals surface area contributed by atoms with Gasteiger partial charge in [-0.2, -0.15) is 0 Å². The minimum absolute atomic E-state index is 0.0715. The van der Waals surface area contributed by atoms with Gasteiger partial charge in [0.15, 0.2) is 0 Å². The SMILES string of the molecule is CN(C)S(=O)(=O)c1cccc(NC(=O)CNc2ccc(Br)cc2F)c1. The van der Waals surface area contributed by atoms with Gasteiger partial charge in [-0.25, -0.2) is 17.1 Å². The highest BCUT2D eigenvalue weighted by atomic mass is 79.9. The van der Waals surface area contributed by atoms with Crippen molar-refractivity contribution in [3.8, 4) is 0 Å².